The van der Waals surface area contributed by atoms with Crippen molar-refractivity contribution in [2.45, 2.75) is 31.6 Å². The number of hydrogen-bond donors (Lipinski definition) is 0. The van der Waals surface area contributed by atoms with Gasteiger partial charge in [0.15, 0.2) is 0 Å². The highest BCUT2D eigenvalue weighted by Crippen LogP contribution is 2.12. The van der Waals surface area contributed by atoms with Crippen molar-refractivity contribution in [2.75, 3.05) is 0 Å². The predicted octanol–water partition coefficient (Wildman–Crippen LogP) is 2.08. The molecule has 0 saturated carbocycles. The van der Waals surface area contributed by atoms with E-state index in [1.165, 1.54) is 0 Å². The highest BCUT2D eigenvalue weighted by molar-refractivity contribution is 7.81. The number of esters is 1. The smallest absolute Gasteiger partial charge is 0.320 e. The van der Waals surface area contributed by atoms with Gasteiger partial charge in [-0.15, -0.1) is 0 Å². The average Bonchev–Trinajstić information content (AvgIpc) is 1.87. The predicted molar refractivity (Wildman–Crippen MR) is 47.4 cm³/mol. The van der Waals surface area contributed by atoms with E-state index in [-0.39, 0.29) is 5.97 Å². The molecule has 2 nitrogen and oxygen atoms in total. The molecule has 0 saturated heterocycles. The van der Waals surface area contributed by atoms with Gasteiger partial charge in [0.05, 0.1) is 0 Å². The molecule has 0 rings (SSSR count). The van der Waals surface area contributed by atoms with Gasteiger partial charge in [0.25, 0.3) is 0 Å². The molecule has 0 N–H and O–H groups in total. The minimum absolute atomic E-state index is 0.370. The van der Waals surface area contributed by atoms with E-state index in [1.807, 2.05) is 0 Å². The molecule has 63 valence electrons. The molecule has 1 atom stereocenters. The van der Waals surface area contributed by atoms with Gasteiger partial charge in [-0.25, -0.2) is 0 Å². The Bertz CT molecular complexity index is 161. The summed E-state index contributed by atoms with van der Waals surface area (Å²) in [5.74, 6) is -0.370. The molecule has 0 aliphatic carbocycles. The van der Waals surface area contributed by atoms with Gasteiger partial charge >= 0.3 is 5.97 Å². The molecular weight excluding hydrogens is 160 g/mol. The lowest BCUT2D eigenvalue weighted by atomic mass is 10.1. The highest BCUT2D eigenvalue weighted by Gasteiger charge is 2.20. The molecule has 0 amide bonds. The van der Waals surface area contributed by atoms with E-state index >= 15 is 0 Å². The van der Waals surface area contributed by atoms with Gasteiger partial charge in [-0.3, -0.25) is 4.79 Å². The largest absolute Gasteiger partial charge is 0.455 e. The van der Waals surface area contributed by atoms with E-state index in [4.69, 9.17) is 17.4 Å². The Labute approximate surface area is 73.0 Å². The van der Waals surface area contributed by atoms with Crippen molar-refractivity contribution < 1.29 is 9.53 Å². The Kier molecular flexibility index (Phi) is 3.66. The second-order valence-corrected chi connectivity index (χ2v) is 3.58. The Balaban J connectivity index is 4.04. The number of carbonyl (C=O) groups is 1. The van der Waals surface area contributed by atoms with E-state index in [1.54, 1.807) is 26.8 Å². The van der Waals surface area contributed by atoms with Crippen molar-refractivity contribution >= 4 is 18.6 Å². The molecule has 0 bridgehead atoms. The summed E-state index contributed by atoms with van der Waals surface area (Å²) < 4.78 is 4.99. The first kappa shape index (κ1) is 10.6. The monoisotopic (exact) mass is 173 g/mol. The molecule has 0 aromatic rings. The number of rotatable bonds is 3. The zero-order chi connectivity index (χ0) is 9.07. The minimum Gasteiger partial charge on any atom is -0.455 e. The second kappa shape index (κ2) is 3.81. The normalized spacial score (nSPS) is 13.8. The van der Waals surface area contributed by atoms with E-state index < -0.39 is 10.9 Å². The molecule has 0 fully saturated rings. The van der Waals surface area contributed by atoms with Gasteiger partial charge < -0.3 is 4.74 Å². The summed E-state index contributed by atoms with van der Waals surface area (Å²) in [4.78, 5) is 10.9. The van der Waals surface area contributed by atoms with Crippen LogP contribution in [0, 0.1) is 0 Å². The molecule has 11 heavy (non-hydrogen) atoms. The quantitative estimate of drug-likeness (QED) is 0.482. The maximum atomic E-state index is 10.9. The first-order valence-corrected chi connectivity index (χ1v) is 3.88. The zero-order valence-electron chi connectivity index (χ0n) is 7.09. The standard InChI is InChI=1S/C8H13O2S/c1-5-8(3,4)10-7(9)6(2)11/h5-6H,1H2,2-4H3. The zero-order valence-corrected chi connectivity index (χ0v) is 7.90. The van der Waals surface area contributed by atoms with Crippen LogP contribution in [0.15, 0.2) is 12.7 Å². The molecule has 3 heteroatoms. The van der Waals surface area contributed by atoms with Gasteiger partial charge in [0.2, 0.25) is 0 Å². The van der Waals surface area contributed by atoms with E-state index in [9.17, 15) is 4.79 Å². The van der Waals surface area contributed by atoms with Crippen LogP contribution in [0.1, 0.15) is 20.8 Å². The summed E-state index contributed by atoms with van der Waals surface area (Å²) in [5.41, 5.74) is -0.607. The fourth-order valence-electron chi connectivity index (χ4n) is 0.384. The second-order valence-electron chi connectivity index (χ2n) is 2.87. The molecule has 1 unspecified atom stereocenters. The molecule has 1 radical (unpaired) electrons. The Hall–Kier alpha value is -0.440. The van der Waals surface area contributed by atoms with E-state index in [0.29, 0.717) is 0 Å². The summed E-state index contributed by atoms with van der Waals surface area (Å²) in [6, 6.07) is 0. The van der Waals surface area contributed by atoms with Crippen molar-refractivity contribution in [3.8, 4) is 0 Å². The molecule has 0 spiro atoms. The van der Waals surface area contributed by atoms with Crippen molar-refractivity contribution in [3.63, 3.8) is 0 Å². The number of hydrogen-bond acceptors (Lipinski definition) is 2. The van der Waals surface area contributed by atoms with E-state index in [2.05, 4.69) is 6.58 Å². The van der Waals surface area contributed by atoms with Gasteiger partial charge in [-0.2, -0.15) is 0 Å². The van der Waals surface area contributed by atoms with Crippen LogP contribution in [0.3, 0.4) is 0 Å². The van der Waals surface area contributed by atoms with Gasteiger partial charge in [-0.05, 0) is 26.8 Å². The molecule has 0 aromatic heterocycles. The van der Waals surface area contributed by atoms with Crippen LogP contribution < -0.4 is 0 Å². The summed E-state index contributed by atoms with van der Waals surface area (Å²) in [7, 11) is 0. The molecule has 0 heterocycles. The van der Waals surface area contributed by atoms with Crippen LogP contribution in [0.2, 0.25) is 0 Å². The maximum absolute atomic E-state index is 10.9. The van der Waals surface area contributed by atoms with Gasteiger partial charge in [0.1, 0.15) is 10.9 Å². The lowest BCUT2D eigenvalue weighted by molar-refractivity contribution is -0.151. The fourth-order valence-corrected chi connectivity index (χ4v) is 0.432. The minimum atomic E-state index is -0.607. The van der Waals surface area contributed by atoms with Crippen LogP contribution in [-0.4, -0.2) is 16.8 Å². The fraction of sp³-hybridized carbons (Fsp3) is 0.625. The highest BCUT2D eigenvalue weighted by atomic mass is 32.1. The first-order valence-electron chi connectivity index (χ1n) is 3.41. The molecular formula is C8H13O2S. The van der Waals surface area contributed by atoms with Crippen molar-refractivity contribution in [1.29, 1.82) is 0 Å². The summed E-state index contributed by atoms with van der Waals surface area (Å²) in [6.45, 7) is 8.67. The first-order chi connectivity index (χ1) is 4.89. The number of carbonyl (C=O) groups excluding carboxylic acids is 1. The van der Waals surface area contributed by atoms with Crippen molar-refractivity contribution in [2.24, 2.45) is 0 Å². The molecule has 0 aliphatic rings. The lowest BCUT2D eigenvalue weighted by Crippen LogP contribution is -2.28. The van der Waals surface area contributed by atoms with Crippen LogP contribution in [0.25, 0.3) is 0 Å². The van der Waals surface area contributed by atoms with Crippen LogP contribution in [-0.2, 0) is 9.53 Å². The average molecular weight is 173 g/mol. The molecule has 0 aromatic carbocycles. The SMILES string of the molecule is C=CC(C)(C)OC(=O)C(C)[S]. The lowest BCUT2D eigenvalue weighted by Gasteiger charge is -2.21. The Morgan fingerprint density at radius 1 is 1.73 bits per heavy atom. The Morgan fingerprint density at radius 3 is 2.45 bits per heavy atom. The third-order valence-electron chi connectivity index (χ3n) is 1.19. The van der Waals surface area contributed by atoms with Crippen LogP contribution in [0.5, 0.6) is 0 Å². The topological polar surface area (TPSA) is 26.3 Å². The van der Waals surface area contributed by atoms with Crippen LogP contribution in [0.4, 0.5) is 0 Å². The third kappa shape index (κ3) is 4.09. The van der Waals surface area contributed by atoms with Crippen molar-refractivity contribution in [3.05, 3.63) is 12.7 Å². The van der Waals surface area contributed by atoms with Gasteiger partial charge in [-0.1, -0.05) is 19.2 Å². The van der Waals surface area contributed by atoms with E-state index in [0.717, 1.165) is 0 Å². The summed E-state index contributed by atoms with van der Waals surface area (Å²) in [6.07, 6.45) is 1.57. The third-order valence-corrected chi connectivity index (χ3v) is 1.38. The van der Waals surface area contributed by atoms with Gasteiger partial charge in [0, 0.05) is 0 Å². The summed E-state index contributed by atoms with van der Waals surface area (Å²) >= 11 is 4.71. The van der Waals surface area contributed by atoms with Crippen molar-refractivity contribution in [1.82, 2.24) is 0 Å². The summed E-state index contributed by atoms with van der Waals surface area (Å²) in [5, 5.41) is -0.491. The maximum Gasteiger partial charge on any atom is 0.320 e. The van der Waals surface area contributed by atoms with Crippen LogP contribution >= 0.6 is 12.6 Å². The molecule has 0 aliphatic heterocycles. The number of ether oxygens (including phenoxy) is 1. The Morgan fingerprint density at radius 2 is 2.18 bits per heavy atom.